The summed E-state index contributed by atoms with van der Waals surface area (Å²) in [7, 11) is 0. The van der Waals surface area contributed by atoms with Crippen LogP contribution >= 0.6 is 11.6 Å². The van der Waals surface area contributed by atoms with Crippen LogP contribution in [0.25, 0.3) is 0 Å². The Morgan fingerprint density at radius 2 is 2.12 bits per heavy atom. The van der Waals surface area contributed by atoms with Crippen LogP contribution in [0.4, 0.5) is 5.69 Å². The second-order valence-corrected chi connectivity index (χ2v) is 5.68. The third-order valence-corrected chi connectivity index (χ3v) is 3.60. The summed E-state index contributed by atoms with van der Waals surface area (Å²) < 4.78 is 0. The van der Waals surface area contributed by atoms with Crippen LogP contribution in [0.1, 0.15) is 18.1 Å². The Morgan fingerprint density at radius 1 is 1.28 bits per heavy atom. The summed E-state index contributed by atoms with van der Waals surface area (Å²) in [6, 6.07) is 10.2. The van der Waals surface area contributed by atoms with Crippen molar-refractivity contribution in [1.82, 2.24) is 15.6 Å². The molecular formula is C17H20ClN5O2. The molecule has 0 fully saturated rings. The van der Waals surface area contributed by atoms with E-state index in [0.717, 1.165) is 24.1 Å². The van der Waals surface area contributed by atoms with Crippen molar-refractivity contribution in [1.29, 1.82) is 0 Å². The molecule has 0 aliphatic carbocycles. The van der Waals surface area contributed by atoms with Gasteiger partial charge in [0, 0.05) is 31.4 Å². The first kappa shape index (κ1) is 18.7. The maximum Gasteiger partial charge on any atom is 0.269 e. The van der Waals surface area contributed by atoms with Crippen LogP contribution < -0.4 is 10.6 Å². The van der Waals surface area contributed by atoms with Gasteiger partial charge in [0.15, 0.2) is 5.96 Å². The zero-order chi connectivity index (χ0) is 18.1. The fourth-order valence-electron chi connectivity index (χ4n) is 2.16. The second kappa shape index (κ2) is 9.58. The minimum Gasteiger partial charge on any atom is -0.357 e. The first-order valence-corrected chi connectivity index (χ1v) is 8.32. The molecule has 0 aliphatic rings. The van der Waals surface area contributed by atoms with Crippen LogP contribution in [-0.2, 0) is 13.0 Å². The van der Waals surface area contributed by atoms with Crippen LogP contribution in [-0.4, -0.2) is 29.0 Å². The van der Waals surface area contributed by atoms with Crippen LogP contribution in [0.2, 0.25) is 5.15 Å². The number of pyridine rings is 1. The number of aliphatic imine (C=N–C) groups is 1. The van der Waals surface area contributed by atoms with Gasteiger partial charge >= 0.3 is 0 Å². The molecule has 0 aliphatic heterocycles. The molecule has 25 heavy (non-hydrogen) atoms. The lowest BCUT2D eigenvalue weighted by Gasteiger charge is -2.11. The number of nitro groups is 1. The van der Waals surface area contributed by atoms with Gasteiger partial charge in [-0.2, -0.15) is 0 Å². The summed E-state index contributed by atoms with van der Waals surface area (Å²) in [4.78, 5) is 18.9. The van der Waals surface area contributed by atoms with Crippen LogP contribution in [0.3, 0.4) is 0 Å². The third kappa shape index (κ3) is 6.39. The Balaban J connectivity index is 1.92. The van der Waals surface area contributed by atoms with Gasteiger partial charge < -0.3 is 10.6 Å². The highest BCUT2D eigenvalue weighted by molar-refractivity contribution is 6.29. The molecule has 132 valence electrons. The molecule has 0 saturated carbocycles. The van der Waals surface area contributed by atoms with Gasteiger partial charge in [-0.3, -0.25) is 10.1 Å². The maximum absolute atomic E-state index is 10.8. The van der Waals surface area contributed by atoms with E-state index in [2.05, 4.69) is 20.6 Å². The Labute approximate surface area is 151 Å². The maximum atomic E-state index is 10.8. The fraction of sp³-hybridized carbons (Fsp3) is 0.294. The number of benzene rings is 1. The van der Waals surface area contributed by atoms with Crippen molar-refractivity contribution in [3.8, 4) is 0 Å². The zero-order valence-corrected chi connectivity index (χ0v) is 14.7. The van der Waals surface area contributed by atoms with E-state index in [9.17, 15) is 10.1 Å². The lowest BCUT2D eigenvalue weighted by atomic mass is 10.2. The Bertz CT molecular complexity index is 734. The van der Waals surface area contributed by atoms with E-state index in [1.54, 1.807) is 18.3 Å². The average molecular weight is 362 g/mol. The molecule has 0 amide bonds. The number of hydrogen-bond acceptors (Lipinski definition) is 4. The summed E-state index contributed by atoms with van der Waals surface area (Å²) in [5.41, 5.74) is 1.93. The Kier molecular flexibility index (Phi) is 7.16. The SMILES string of the molecule is CCNC(=NCc1cccc([N+](=O)[O-])c1)NCCc1ccc(Cl)nc1. The minimum atomic E-state index is -0.406. The van der Waals surface area contributed by atoms with E-state index >= 15 is 0 Å². The van der Waals surface area contributed by atoms with Crippen molar-refractivity contribution < 1.29 is 4.92 Å². The largest absolute Gasteiger partial charge is 0.357 e. The van der Waals surface area contributed by atoms with Crippen LogP contribution in [0, 0.1) is 10.1 Å². The van der Waals surface area contributed by atoms with Gasteiger partial charge in [0.05, 0.1) is 11.5 Å². The van der Waals surface area contributed by atoms with E-state index in [-0.39, 0.29) is 5.69 Å². The molecule has 1 heterocycles. The third-order valence-electron chi connectivity index (χ3n) is 3.38. The lowest BCUT2D eigenvalue weighted by molar-refractivity contribution is -0.384. The van der Waals surface area contributed by atoms with Gasteiger partial charge in [0.25, 0.3) is 5.69 Å². The molecule has 0 saturated heterocycles. The van der Waals surface area contributed by atoms with E-state index in [1.165, 1.54) is 12.1 Å². The highest BCUT2D eigenvalue weighted by Gasteiger charge is 2.05. The van der Waals surface area contributed by atoms with Crippen molar-refractivity contribution in [3.63, 3.8) is 0 Å². The summed E-state index contributed by atoms with van der Waals surface area (Å²) >= 11 is 5.77. The summed E-state index contributed by atoms with van der Waals surface area (Å²) in [5, 5.41) is 17.7. The molecule has 8 heteroatoms. The van der Waals surface area contributed by atoms with E-state index in [4.69, 9.17) is 11.6 Å². The number of rotatable bonds is 7. The molecule has 0 bridgehead atoms. The number of halogens is 1. The second-order valence-electron chi connectivity index (χ2n) is 5.29. The molecule has 0 unspecified atom stereocenters. The van der Waals surface area contributed by atoms with Crippen molar-refractivity contribution >= 4 is 23.2 Å². The molecule has 0 atom stereocenters. The zero-order valence-electron chi connectivity index (χ0n) is 13.9. The van der Waals surface area contributed by atoms with Gasteiger partial charge in [0.1, 0.15) is 5.15 Å². The Morgan fingerprint density at radius 3 is 2.80 bits per heavy atom. The number of non-ortho nitro benzene ring substituents is 1. The monoisotopic (exact) mass is 361 g/mol. The van der Waals surface area contributed by atoms with Gasteiger partial charge in [-0.1, -0.05) is 29.8 Å². The molecule has 2 N–H and O–H groups in total. The lowest BCUT2D eigenvalue weighted by Crippen LogP contribution is -2.38. The van der Waals surface area contributed by atoms with Crippen molar-refractivity contribution in [3.05, 3.63) is 69.0 Å². The number of aromatic nitrogens is 1. The quantitative estimate of drug-likeness (QED) is 0.260. The van der Waals surface area contributed by atoms with Gasteiger partial charge in [0.2, 0.25) is 0 Å². The summed E-state index contributed by atoms with van der Waals surface area (Å²) in [6.07, 6.45) is 2.53. The smallest absolute Gasteiger partial charge is 0.269 e. The van der Waals surface area contributed by atoms with Crippen molar-refractivity contribution in [2.75, 3.05) is 13.1 Å². The normalized spacial score (nSPS) is 11.2. The summed E-state index contributed by atoms with van der Waals surface area (Å²) in [6.45, 7) is 3.75. The van der Waals surface area contributed by atoms with Crippen LogP contribution in [0.15, 0.2) is 47.6 Å². The molecule has 1 aromatic heterocycles. The number of guanidine groups is 1. The van der Waals surface area contributed by atoms with E-state index < -0.39 is 4.92 Å². The topological polar surface area (TPSA) is 92.5 Å². The van der Waals surface area contributed by atoms with Gasteiger partial charge in [-0.15, -0.1) is 0 Å². The Hall–Kier alpha value is -2.67. The highest BCUT2D eigenvalue weighted by Crippen LogP contribution is 2.13. The van der Waals surface area contributed by atoms with Crippen molar-refractivity contribution in [2.24, 2.45) is 4.99 Å². The van der Waals surface area contributed by atoms with E-state index in [0.29, 0.717) is 24.2 Å². The number of hydrogen-bond donors (Lipinski definition) is 2. The van der Waals surface area contributed by atoms with Crippen LogP contribution in [0.5, 0.6) is 0 Å². The molecular weight excluding hydrogens is 342 g/mol. The number of nitro benzene ring substituents is 1. The average Bonchev–Trinajstić information content (AvgIpc) is 2.61. The first-order chi connectivity index (χ1) is 12.1. The molecule has 0 spiro atoms. The highest BCUT2D eigenvalue weighted by atomic mass is 35.5. The predicted molar refractivity (Wildman–Crippen MR) is 98.9 cm³/mol. The first-order valence-electron chi connectivity index (χ1n) is 7.94. The standard InChI is InChI=1S/C17H20ClN5O2/c1-2-19-17(20-9-8-13-6-7-16(18)21-11-13)22-12-14-4-3-5-15(10-14)23(24)25/h3-7,10-11H,2,8-9,12H2,1H3,(H2,19,20,22). The van der Waals surface area contributed by atoms with E-state index in [1.807, 2.05) is 19.1 Å². The molecule has 2 aromatic rings. The number of nitrogens with zero attached hydrogens (tertiary/aromatic N) is 3. The predicted octanol–water partition coefficient (Wildman–Crippen LogP) is 2.94. The molecule has 0 radical (unpaired) electrons. The number of nitrogens with one attached hydrogen (secondary N) is 2. The van der Waals surface area contributed by atoms with Crippen molar-refractivity contribution in [2.45, 2.75) is 19.9 Å². The molecule has 7 nitrogen and oxygen atoms in total. The minimum absolute atomic E-state index is 0.0703. The fourth-order valence-corrected chi connectivity index (χ4v) is 2.27. The van der Waals surface area contributed by atoms with Gasteiger partial charge in [-0.25, -0.2) is 9.98 Å². The molecule has 1 aromatic carbocycles. The van der Waals surface area contributed by atoms with Gasteiger partial charge in [-0.05, 0) is 30.5 Å². The summed E-state index contributed by atoms with van der Waals surface area (Å²) in [5.74, 6) is 0.663. The molecule has 2 rings (SSSR count).